The summed E-state index contributed by atoms with van der Waals surface area (Å²) in [5.41, 5.74) is 1.13. The molecule has 0 aromatic heterocycles. The summed E-state index contributed by atoms with van der Waals surface area (Å²) in [4.78, 5) is 11.9. The SMILES string of the molecule is COC(=O)CN(c1cc(OCc2ccccc2)cc2ccc(OC)cc12)S(N)(=O)=O. The Kier molecular flexibility index (Phi) is 6.43. The third-order valence-electron chi connectivity index (χ3n) is 4.44. The summed E-state index contributed by atoms with van der Waals surface area (Å²) in [5.74, 6) is 0.190. The van der Waals surface area contributed by atoms with Crippen molar-refractivity contribution in [3.63, 3.8) is 0 Å². The van der Waals surface area contributed by atoms with Crippen LogP contribution in [0.15, 0.2) is 60.7 Å². The fourth-order valence-electron chi connectivity index (χ4n) is 2.94. The second-order valence-corrected chi connectivity index (χ2v) is 7.90. The maximum Gasteiger partial charge on any atom is 0.326 e. The number of benzene rings is 3. The third kappa shape index (κ3) is 5.00. The Morgan fingerprint density at radius 2 is 1.73 bits per heavy atom. The lowest BCUT2D eigenvalue weighted by atomic mass is 10.1. The number of methoxy groups -OCH3 is 2. The molecule has 0 aliphatic heterocycles. The van der Waals surface area contributed by atoms with Gasteiger partial charge in [0.05, 0.1) is 19.9 Å². The lowest BCUT2D eigenvalue weighted by Crippen LogP contribution is -2.40. The number of carbonyl (C=O) groups excluding carboxylic acids is 1. The molecule has 0 aliphatic carbocycles. The van der Waals surface area contributed by atoms with Crippen LogP contribution >= 0.6 is 0 Å². The van der Waals surface area contributed by atoms with Crippen LogP contribution in [0.4, 0.5) is 5.69 Å². The molecule has 0 saturated carbocycles. The van der Waals surface area contributed by atoms with Gasteiger partial charge in [-0.1, -0.05) is 36.4 Å². The lowest BCUT2D eigenvalue weighted by molar-refractivity contribution is -0.138. The molecule has 0 spiro atoms. The van der Waals surface area contributed by atoms with Crippen LogP contribution in [-0.4, -0.2) is 35.2 Å². The molecule has 0 heterocycles. The van der Waals surface area contributed by atoms with E-state index in [1.807, 2.05) is 30.3 Å². The van der Waals surface area contributed by atoms with Gasteiger partial charge in [-0.05, 0) is 29.1 Å². The highest BCUT2D eigenvalue weighted by atomic mass is 32.2. The number of nitrogens with two attached hydrogens (primary N) is 1. The number of ether oxygens (including phenoxy) is 3. The molecule has 9 heteroatoms. The Hall–Kier alpha value is -3.30. The molecule has 0 amide bonds. The van der Waals surface area contributed by atoms with Crippen LogP contribution < -0.4 is 18.9 Å². The average Bonchev–Trinajstić information content (AvgIpc) is 2.75. The van der Waals surface area contributed by atoms with E-state index in [2.05, 4.69) is 4.74 Å². The van der Waals surface area contributed by atoms with Gasteiger partial charge < -0.3 is 14.2 Å². The van der Waals surface area contributed by atoms with E-state index >= 15 is 0 Å². The molecule has 0 atom stereocenters. The van der Waals surface area contributed by atoms with Gasteiger partial charge in [0.25, 0.3) is 10.2 Å². The summed E-state index contributed by atoms with van der Waals surface area (Å²) in [6.07, 6.45) is 0. The first kappa shape index (κ1) is 21.4. The molecule has 3 aromatic carbocycles. The summed E-state index contributed by atoms with van der Waals surface area (Å²) in [5, 5.41) is 6.63. The molecule has 0 aliphatic rings. The first-order valence-electron chi connectivity index (χ1n) is 8.97. The summed E-state index contributed by atoms with van der Waals surface area (Å²) in [7, 11) is -1.61. The first-order chi connectivity index (χ1) is 14.3. The number of fused-ring (bicyclic) bond motifs is 1. The van der Waals surface area contributed by atoms with Crippen LogP contribution in [0.5, 0.6) is 11.5 Å². The van der Waals surface area contributed by atoms with Gasteiger partial charge in [-0.3, -0.25) is 4.79 Å². The maximum atomic E-state index is 12.3. The van der Waals surface area contributed by atoms with E-state index in [0.29, 0.717) is 22.3 Å². The van der Waals surface area contributed by atoms with Crippen molar-refractivity contribution >= 4 is 32.6 Å². The Morgan fingerprint density at radius 1 is 1.00 bits per heavy atom. The van der Waals surface area contributed by atoms with Gasteiger partial charge in [0.1, 0.15) is 24.7 Å². The number of anilines is 1. The minimum Gasteiger partial charge on any atom is -0.497 e. The van der Waals surface area contributed by atoms with Crippen LogP contribution in [0.25, 0.3) is 10.8 Å². The predicted octanol–water partition coefficient (Wildman–Crippen LogP) is 2.61. The molecule has 30 heavy (non-hydrogen) atoms. The first-order valence-corrected chi connectivity index (χ1v) is 10.5. The Bertz CT molecular complexity index is 1150. The Morgan fingerprint density at radius 3 is 2.37 bits per heavy atom. The third-order valence-corrected chi connectivity index (χ3v) is 5.38. The second-order valence-electron chi connectivity index (χ2n) is 6.43. The molecule has 3 aromatic rings. The van der Waals surface area contributed by atoms with E-state index in [4.69, 9.17) is 14.6 Å². The van der Waals surface area contributed by atoms with E-state index in [9.17, 15) is 13.2 Å². The number of carbonyl (C=O) groups is 1. The van der Waals surface area contributed by atoms with Crippen molar-refractivity contribution < 1.29 is 27.4 Å². The second kappa shape index (κ2) is 9.02. The number of hydrogen-bond acceptors (Lipinski definition) is 6. The van der Waals surface area contributed by atoms with Gasteiger partial charge in [-0.2, -0.15) is 8.42 Å². The van der Waals surface area contributed by atoms with Gasteiger partial charge in [-0.25, -0.2) is 9.44 Å². The van der Waals surface area contributed by atoms with Gasteiger partial charge in [-0.15, -0.1) is 0 Å². The molecule has 8 nitrogen and oxygen atoms in total. The van der Waals surface area contributed by atoms with Crippen molar-refractivity contribution in [3.05, 3.63) is 66.2 Å². The van der Waals surface area contributed by atoms with Crippen molar-refractivity contribution in [3.8, 4) is 11.5 Å². The monoisotopic (exact) mass is 430 g/mol. The van der Waals surface area contributed by atoms with Crippen LogP contribution in [0.2, 0.25) is 0 Å². The Labute approximate surface area is 174 Å². The molecular formula is C21H22N2O6S. The zero-order chi connectivity index (χ0) is 21.7. The minimum atomic E-state index is -4.28. The summed E-state index contributed by atoms with van der Waals surface area (Å²) in [6.45, 7) is -0.294. The standard InChI is InChI=1S/C21H22N2O6S/c1-27-17-9-8-16-10-18(29-14-15-6-4-3-5-7-15)12-20(19(16)11-17)23(30(22,25)26)13-21(24)28-2/h3-12H,13-14H2,1-2H3,(H2,22,25,26). The molecule has 0 bridgehead atoms. The van der Waals surface area contributed by atoms with Crippen LogP contribution in [0.3, 0.4) is 0 Å². The summed E-state index contributed by atoms with van der Waals surface area (Å²) >= 11 is 0. The van der Waals surface area contributed by atoms with E-state index in [0.717, 1.165) is 9.87 Å². The smallest absolute Gasteiger partial charge is 0.326 e. The van der Waals surface area contributed by atoms with Crippen LogP contribution in [0, 0.1) is 0 Å². The Balaban J connectivity index is 2.11. The highest BCUT2D eigenvalue weighted by Gasteiger charge is 2.25. The summed E-state index contributed by atoms with van der Waals surface area (Å²) in [6, 6.07) is 18.0. The van der Waals surface area contributed by atoms with E-state index in [1.165, 1.54) is 20.3 Å². The highest BCUT2D eigenvalue weighted by molar-refractivity contribution is 7.90. The van der Waals surface area contributed by atoms with Crippen LogP contribution in [-0.2, 0) is 26.3 Å². The van der Waals surface area contributed by atoms with Crippen LogP contribution in [0.1, 0.15) is 5.56 Å². The van der Waals surface area contributed by atoms with Gasteiger partial charge in [0, 0.05) is 11.5 Å². The zero-order valence-electron chi connectivity index (χ0n) is 16.6. The number of esters is 1. The van der Waals surface area contributed by atoms with E-state index in [-0.39, 0.29) is 12.3 Å². The molecular weight excluding hydrogens is 408 g/mol. The zero-order valence-corrected chi connectivity index (χ0v) is 17.4. The van der Waals surface area contributed by atoms with Gasteiger partial charge >= 0.3 is 5.97 Å². The number of hydrogen-bond donors (Lipinski definition) is 1. The van der Waals surface area contributed by atoms with Crippen molar-refractivity contribution in [1.29, 1.82) is 0 Å². The maximum absolute atomic E-state index is 12.3. The molecule has 0 fully saturated rings. The number of nitrogens with zero attached hydrogens (tertiary/aromatic N) is 1. The van der Waals surface area contributed by atoms with Crippen molar-refractivity contribution in [2.75, 3.05) is 25.1 Å². The fourth-order valence-corrected chi connectivity index (χ4v) is 3.65. The predicted molar refractivity (Wildman–Crippen MR) is 114 cm³/mol. The molecule has 158 valence electrons. The molecule has 3 rings (SSSR count). The normalized spacial score (nSPS) is 11.2. The lowest BCUT2D eigenvalue weighted by Gasteiger charge is -2.23. The topological polar surface area (TPSA) is 108 Å². The fraction of sp³-hybridized carbons (Fsp3) is 0.190. The largest absolute Gasteiger partial charge is 0.497 e. The average molecular weight is 430 g/mol. The van der Waals surface area contributed by atoms with Crippen molar-refractivity contribution in [1.82, 2.24) is 0 Å². The molecule has 2 N–H and O–H groups in total. The number of rotatable bonds is 8. The molecule has 0 unspecified atom stereocenters. The van der Waals surface area contributed by atoms with E-state index in [1.54, 1.807) is 24.3 Å². The van der Waals surface area contributed by atoms with E-state index < -0.39 is 22.7 Å². The van der Waals surface area contributed by atoms with Gasteiger partial charge in [0.15, 0.2) is 0 Å². The minimum absolute atomic E-state index is 0.183. The molecule has 0 saturated heterocycles. The van der Waals surface area contributed by atoms with Gasteiger partial charge in [0.2, 0.25) is 0 Å². The quantitative estimate of drug-likeness (QED) is 0.551. The van der Waals surface area contributed by atoms with Crippen molar-refractivity contribution in [2.45, 2.75) is 6.61 Å². The highest BCUT2D eigenvalue weighted by Crippen LogP contribution is 2.35. The molecule has 0 radical (unpaired) electrons. The van der Waals surface area contributed by atoms with Crippen molar-refractivity contribution in [2.24, 2.45) is 5.14 Å². The summed E-state index contributed by atoms with van der Waals surface area (Å²) < 4.78 is 41.2.